The number of ether oxygens (including phenoxy) is 1. The molecule has 0 bridgehead atoms. The number of methoxy groups -OCH3 is 1. The third-order valence-corrected chi connectivity index (χ3v) is 5.96. The minimum Gasteiger partial charge on any atom is -0.383 e. The molecular formula is C24H36N2O3. The molecule has 1 aromatic carbocycles. The van der Waals surface area contributed by atoms with Crippen molar-refractivity contribution < 1.29 is 14.3 Å². The summed E-state index contributed by atoms with van der Waals surface area (Å²) in [7, 11) is 1.63. The van der Waals surface area contributed by atoms with E-state index in [0.29, 0.717) is 43.5 Å². The Morgan fingerprint density at radius 3 is 2.45 bits per heavy atom. The number of allylic oxidation sites excluding steroid dienone is 1. The highest BCUT2D eigenvalue weighted by atomic mass is 16.5. The van der Waals surface area contributed by atoms with E-state index in [1.807, 2.05) is 31.2 Å². The predicted octanol–water partition coefficient (Wildman–Crippen LogP) is 3.73. The zero-order valence-corrected chi connectivity index (χ0v) is 18.5. The molecule has 0 fully saturated rings. The summed E-state index contributed by atoms with van der Waals surface area (Å²) in [4.78, 5) is 24.7. The lowest BCUT2D eigenvalue weighted by Crippen LogP contribution is -2.38. The number of benzene rings is 1. The van der Waals surface area contributed by atoms with Crippen LogP contribution in [0.2, 0.25) is 0 Å². The largest absolute Gasteiger partial charge is 0.383 e. The molecule has 0 spiro atoms. The first-order valence-corrected chi connectivity index (χ1v) is 10.6. The lowest BCUT2D eigenvalue weighted by Gasteiger charge is -2.37. The molecule has 0 saturated carbocycles. The summed E-state index contributed by atoms with van der Waals surface area (Å²) in [6.07, 6.45) is 3.76. The second kappa shape index (κ2) is 11.1. The molecule has 1 aliphatic carbocycles. The van der Waals surface area contributed by atoms with Crippen LogP contribution in [-0.4, -0.2) is 38.6 Å². The van der Waals surface area contributed by atoms with Crippen molar-refractivity contribution in [3.8, 4) is 0 Å². The van der Waals surface area contributed by atoms with Crippen LogP contribution in [0, 0.1) is 30.6 Å². The van der Waals surface area contributed by atoms with Crippen molar-refractivity contribution in [2.75, 3.05) is 26.8 Å². The lowest BCUT2D eigenvalue weighted by atomic mass is 9.69. The van der Waals surface area contributed by atoms with Gasteiger partial charge in [0.15, 0.2) is 0 Å². The van der Waals surface area contributed by atoms with Crippen LogP contribution in [-0.2, 0) is 9.53 Å². The van der Waals surface area contributed by atoms with E-state index < -0.39 is 0 Å². The van der Waals surface area contributed by atoms with Gasteiger partial charge in [0.05, 0.1) is 6.61 Å². The number of amides is 2. The Hall–Kier alpha value is -2.14. The Morgan fingerprint density at radius 1 is 1.14 bits per heavy atom. The first-order valence-electron chi connectivity index (χ1n) is 10.6. The first-order chi connectivity index (χ1) is 13.8. The SMILES string of the molecule is COCCNC(=O)CC1CC(C(C)C)C(CNC(=O)c2ccc(C)cc2)C=C1C. The van der Waals surface area contributed by atoms with Gasteiger partial charge in [0.1, 0.15) is 0 Å². The van der Waals surface area contributed by atoms with Gasteiger partial charge in [-0.25, -0.2) is 0 Å². The number of rotatable bonds is 9. The zero-order valence-electron chi connectivity index (χ0n) is 18.5. The van der Waals surface area contributed by atoms with Crippen molar-refractivity contribution in [1.29, 1.82) is 0 Å². The van der Waals surface area contributed by atoms with Crippen LogP contribution in [0.25, 0.3) is 0 Å². The number of carbonyl (C=O) groups excluding carboxylic acids is 2. The van der Waals surface area contributed by atoms with Crippen molar-refractivity contribution in [1.82, 2.24) is 10.6 Å². The Labute approximate surface area is 175 Å². The first kappa shape index (κ1) is 23.1. The van der Waals surface area contributed by atoms with Gasteiger partial charge in [-0.2, -0.15) is 0 Å². The molecule has 29 heavy (non-hydrogen) atoms. The van der Waals surface area contributed by atoms with Gasteiger partial charge in [0, 0.05) is 32.2 Å². The average Bonchev–Trinajstić information content (AvgIpc) is 2.68. The molecule has 2 rings (SSSR count). The lowest BCUT2D eigenvalue weighted by molar-refractivity contribution is -0.122. The molecule has 0 aliphatic heterocycles. The molecule has 1 aromatic rings. The topological polar surface area (TPSA) is 67.4 Å². The molecule has 0 heterocycles. The fraction of sp³-hybridized carbons (Fsp3) is 0.583. The van der Waals surface area contributed by atoms with E-state index in [2.05, 4.69) is 37.5 Å². The van der Waals surface area contributed by atoms with Gasteiger partial charge in [-0.3, -0.25) is 9.59 Å². The molecule has 160 valence electrons. The van der Waals surface area contributed by atoms with Crippen molar-refractivity contribution in [2.45, 2.75) is 40.5 Å². The zero-order chi connectivity index (χ0) is 21.4. The van der Waals surface area contributed by atoms with Crippen LogP contribution < -0.4 is 10.6 Å². The van der Waals surface area contributed by atoms with E-state index in [0.717, 1.165) is 12.0 Å². The molecule has 0 aromatic heterocycles. The summed E-state index contributed by atoms with van der Waals surface area (Å²) in [6, 6.07) is 7.65. The third-order valence-electron chi connectivity index (χ3n) is 5.96. The van der Waals surface area contributed by atoms with Gasteiger partial charge in [0.2, 0.25) is 5.91 Å². The number of hydrogen-bond acceptors (Lipinski definition) is 3. The third kappa shape index (κ3) is 7.00. The molecule has 1 aliphatic rings. The monoisotopic (exact) mass is 400 g/mol. The molecule has 3 atom stereocenters. The summed E-state index contributed by atoms with van der Waals surface area (Å²) in [6.45, 7) is 10.3. The van der Waals surface area contributed by atoms with Crippen LogP contribution in [0.15, 0.2) is 35.9 Å². The van der Waals surface area contributed by atoms with Crippen molar-refractivity contribution in [2.24, 2.45) is 23.7 Å². The normalized spacial score (nSPS) is 21.6. The van der Waals surface area contributed by atoms with E-state index >= 15 is 0 Å². The molecule has 0 radical (unpaired) electrons. The second-order valence-corrected chi connectivity index (χ2v) is 8.54. The molecule has 2 N–H and O–H groups in total. The Balaban J connectivity index is 1.98. The number of carbonyl (C=O) groups is 2. The highest BCUT2D eigenvalue weighted by molar-refractivity contribution is 5.94. The summed E-state index contributed by atoms with van der Waals surface area (Å²) in [5, 5.41) is 6.03. The van der Waals surface area contributed by atoms with E-state index in [1.54, 1.807) is 7.11 Å². The van der Waals surface area contributed by atoms with Gasteiger partial charge in [0.25, 0.3) is 5.91 Å². The molecule has 2 amide bonds. The Morgan fingerprint density at radius 2 is 1.83 bits per heavy atom. The minimum atomic E-state index is -0.0294. The summed E-state index contributed by atoms with van der Waals surface area (Å²) >= 11 is 0. The van der Waals surface area contributed by atoms with Gasteiger partial charge in [-0.05, 0) is 56.1 Å². The number of nitrogens with one attached hydrogen (secondary N) is 2. The predicted molar refractivity (Wildman–Crippen MR) is 117 cm³/mol. The van der Waals surface area contributed by atoms with Crippen LogP contribution in [0.4, 0.5) is 0 Å². The highest BCUT2D eigenvalue weighted by Crippen LogP contribution is 2.38. The van der Waals surface area contributed by atoms with Gasteiger partial charge in [-0.15, -0.1) is 0 Å². The minimum absolute atomic E-state index is 0.0294. The number of hydrogen-bond donors (Lipinski definition) is 2. The van der Waals surface area contributed by atoms with Gasteiger partial charge in [-0.1, -0.05) is 43.2 Å². The molecule has 5 nitrogen and oxygen atoms in total. The summed E-state index contributed by atoms with van der Waals surface area (Å²) < 4.78 is 4.99. The summed E-state index contributed by atoms with van der Waals surface area (Å²) in [5.41, 5.74) is 3.08. The Bertz CT molecular complexity index is 709. The smallest absolute Gasteiger partial charge is 0.251 e. The average molecular weight is 401 g/mol. The molecule has 0 saturated heterocycles. The van der Waals surface area contributed by atoms with Crippen LogP contribution >= 0.6 is 0 Å². The fourth-order valence-electron chi connectivity index (χ4n) is 4.11. The highest BCUT2D eigenvalue weighted by Gasteiger charge is 2.32. The van der Waals surface area contributed by atoms with Gasteiger partial charge < -0.3 is 15.4 Å². The van der Waals surface area contributed by atoms with E-state index in [1.165, 1.54) is 5.57 Å². The maximum Gasteiger partial charge on any atom is 0.251 e. The maximum absolute atomic E-state index is 12.5. The number of aryl methyl sites for hydroxylation is 1. The second-order valence-electron chi connectivity index (χ2n) is 8.54. The maximum atomic E-state index is 12.5. The van der Waals surface area contributed by atoms with Crippen molar-refractivity contribution in [3.05, 3.63) is 47.0 Å². The quantitative estimate of drug-likeness (QED) is 0.490. The van der Waals surface area contributed by atoms with Crippen LogP contribution in [0.5, 0.6) is 0 Å². The van der Waals surface area contributed by atoms with E-state index in [9.17, 15) is 9.59 Å². The molecular weight excluding hydrogens is 364 g/mol. The van der Waals surface area contributed by atoms with Crippen LogP contribution in [0.3, 0.4) is 0 Å². The van der Waals surface area contributed by atoms with Gasteiger partial charge >= 0.3 is 0 Å². The van der Waals surface area contributed by atoms with Crippen molar-refractivity contribution in [3.63, 3.8) is 0 Å². The van der Waals surface area contributed by atoms with E-state index in [-0.39, 0.29) is 23.7 Å². The standard InChI is InChI=1S/C24H36N2O3/c1-16(2)22-13-20(14-23(27)25-10-11-29-5)18(4)12-21(22)15-26-24(28)19-8-6-17(3)7-9-19/h6-9,12,16,20-22H,10-11,13-15H2,1-5H3,(H,25,27)(H,26,28). The fourth-order valence-corrected chi connectivity index (χ4v) is 4.11. The van der Waals surface area contributed by atoms with Crippen LogP contribution in [0.1, 0.15) is 49.5 Å². The Kier molecular flexibility index (Phi) is 8.90. The molecule has 5 heteroatoms. The molecule has 3 unspecified atom stereocenters. The van der Waals surface area contributed by atoms with E-state index in [4.69, 9.17) is 4.74 Å². The summed E-state index contributed by atoms with van der Waals surface area (Å²) in [5.74, 6) is 1.52. The van der Waals surface area contributed by atoms with Crippen molar-refractivity contribution >= 4 is 11.8 Å².